The number of ketones is 2. The Balaban J connectivity index is 1.53. The third-order valence-electron chi connectivity index (χ3n) is 9.63. The number of fused-ring (bicyclic) bond motifs is 7. The van der Waals surface area contributed by atoms with Crippen molar-refractivity contribution in [1.82, 2.24) is 0 Å². The van der Waals surface area contributed by atoms with Gasteiger partial charge in [-0.3, -0.25) is 14.4 Å². The van der Waals surface area contributed by atoms with Crippen LogP contribution in [0.2, 0.25) is 0 Å². The minimum atomic E-state index is -1.14. The van der Waals surface area contributed by atoms with E-state index in [-0.39, 0.29) is 51.7 Å². The van der Waals surface area contributed by atoms with E-state index in [0.717, 1.165) is 43.0 Å². The van der Waals surface area contributed by atoms with E-state index in [9.17, 15) is 19.5 Å². The Labute approximate surface area is 205 Å². The van der Waals surface area contributed by atoms with Crippen LogP contribution in [0.3, 0.4) is 0 Å². The molecular formula is C27H36O6S. The second kappa shape index (κ2) is 8.39. The van der Waals surface area contributed by atoms with Gasteiger partial charge < -0.3 is 14.6 Å². The molecule has 186 valence electrons. The lowest BCUT2D eigenvalue weighted by molar-refractivity contribution is -0.197. The molecule has 9 atom stereocenters. The van der Waals surface area contributed by atoms with Crippen molar-refractivity contribution in [2.45, 2.75) is 90.3 Å². The molecule has 1 aliphatic heterocycles. The fourth-order valence-electron chi connectivity index (χ4n) is 8.28. The minimum absolute atomic E-state index is 0.0149. The van der Waals surface area contributed by atoms with Crippen molar-refractivity contribution >= 4 is 28.4 Å². The SMILES string of the molecule is CCCC1O[C@@H]2C[C@H]3[C@@H]4CCC5=CC(=O)C=C[C@]5(C)[C@H]4[C@@H](O)C[C@]3(C)[C@]2(C(=O)CSC(C)=O)O1. The van der Waals surface area contributed by atoms with Gasteiger partial charge in [-0.25, -0.2) is 0 Å². The maximum atomic E-state index is 13.8. The number of carbonyl (C=O) groups is 3. The predicted molar refractivity (Wildman–Crippen MR) is 129 cm³/mol. The lowest BCUT2D eigenvalue weighted by Gasteiger charge is -2.59. The number of carbonyl (C=O) groups excluding carboxylic acids is 3. The van der Waals surface area contributed by atoms with Gasteiger partial charge in [-0.05, 0) is 56.1 Å². The van der Waals surface area contributed by atoms with Crippen LogP contribution in [-0.2, 0) is 23.9 Å². The summed E-state index contributed by atoms with van der Waals surface area (Å²) in [5, 5.41) is 11.6. The van der Waals surface area contributed by atoms with Gasteiger partial charge in [-0.2, -0.15) is 0 Å². The lowest BCUT2D eigenvalue weighted by Crippen LogP contribution is -2.63. The monoisotopic (exact) mass is 488 g/mol. The number of Topliss-reactive ketones (excluding diaryl/α,β-unsaturated/α-hetero) is 1. The highest BCUT2D eigenvalue weighted by atomic mass is 32.2. The standard InChI is InChI=1S/C27H36O6S/c1-5-6-23-32-22-12-19-18-8-7-16-11-17(29)9-10-25(16,3)24(18)20(30)13-26(19,4)27(22,33-23)21(31)14-34-15(2)28/h9-11,18-20,22-24,30H,5-8,12-14H2,1-4H3/t18-,19-,20-,22+,23?,24+,25-,26-,27+/m0/s1. The number of hydrogen-bond donors (Lipinski definition) is 1. The van der Waals surface area contributed by atoms with Gasteiger partial charge in [0.15, 0.2) is 28.6 Å². The Bertz CT molecular complexity index is 972. The van der Waals surface area contributed by atoms with Gasteiger partial charge in [0.25, 0.3) is 0 Å². The molecule has 0 bridgehead atoms. The van der Waals surface area contributed by atoms with Crippen LogP contribution < -0.4 is 0 Å². The molecule has 6 nitrogen and oxygen atoms in total. The maximum absolute atomic E-state index is 13.8. The van der Waals surface area contributed by atoms with Crippen molar-refractivity contribution in [2.24, 2.45) is 28.6 Å². The minimum Gasteiger partial charge on any atom is -0.393 e. The second-order valence-electron chi connectivity index (χ2n) is 11.3. The van der Waals surface area contributed by atoms with E-state index in [0.29, 0.717) is 12.8 Å². The zero-order valence-electron chi connectivity index (χ0n) is 20.5. The summed E-state index contributed by atoms with van der Waals surface area (Å²) in [6.07, 6.45) is 8.43. The Hall–Kier alpha value is -1.28. The van der Waals surface area contributed by atoms with E-state index in [1.54, 1.807) is 12.2 Å². The zero-order chi connectivity index (χ0) is 24.5. The molecule has 0 radical (unpaired) electrons. The van der Waals surface area contributed by atoms with Gasteiger partial charge in [-0.1, -0.05) is 50.6 Å². The van der Waals surface area contributed by atoms with Gasteiger partial charge in [0.2, 0.25) is 0 Å². The topological polar surface area (TPSA) is 89.9 Å². The number of thioether (sulfide) groups is 1. The normalized spacial score (nSPS) is 46.9. The molecule has 1 heterocycles. The van der Waals surface area contributed by atoms with E-state index >= 15 is 0 Å². The molecule has 3 saturated carbocycles. The Morgan fingerprint density at radius 2 is 2.06 bits per heavy atom. The van der Waals surface area contributed by atoms with E-state index < -0.39 is 23.4 Å². The molecule has 1 saturated heterocycles. The molecule has 1 unspecified atom stereocenters. The van der Waals surface area contributed by atoms with Crippen molar-refractivity contribution in [1.29, 1.82) is 0 Å². The molecule has 4 fully saturated rings. The average molecular weight is 489 g/mol. The van der Waals surface area contributed by atoms with Gasteiger partial charge in [0, 0.05) is 23.7 Å². The van der Waals surface area contributed by atoms with Crippen LogP contribution in [-0.4, -0.2) is 51.6 Å². The molecule has 0 spiro atoms. The summed E-state index contributed by atoms with van der Waals surface area (Å²) in [5.74, 6) is 0.338. The molecule has 0 aromatic carbocycles. The number of rotatable bonds is 5. The average Bonchev–Trinajstić information content (AvgIpc) is 3.25. The van der Waals surface area contributed by atoms with E-state index in [1.807, 2.05) is 6.08 Å². The number of ether oxygens (including phenoxy) is 2. The van der Waals surface area contributed by atoms with Gasteiger partial charge in [-0.15, -0.1) is 0 Å². The van der Waals surface area contributed by atoms with Gasteiger partial charge >= 0.3 is 0 Å². The van der Waals surface area contributed by atoms with Crippen molar-refractivity contribution in [3.05, 3.63) is 23.8 Å². The highest BCUT2D eigenvalue weighted by molar-refractivity contribution is 8.14. The van der Waals surface area contributed by atoms with Crippen molar-refractivity contribution in [3.8, 4) is 0 Å². The molecule has 7 heteroatoms. The smallest absolute Gasteiger partial charge is 0.186 e. The van der Waals surface area contributed by atoms with Crippen LogP contribution in [0.5, 0.6) is 0 Å². The highest BCUT2D eigenvalue weighted by Gasteiger charge is 2.75. The zero-order valence-corrected chi connectivity index (χ0v) is 21.4. The highest BCUT2D eigenvalue weighted by Crippen LogP contribution is 2.69. The Kier molecular flexibility index (Phi) is 6.03. The van der Waals surface area contributed by atoms with Crippen LogP contribution in [0, 0.1) is 28.6 Å². The first kappa shape index (κ1) is 24.4. The maximum Gasteiger partial charge on any atom is 0.186 e. The predicted octanol–water partition coefficient (Wildman–Crippen LogP) is 4.00. The summed E-state index contributed by atoms with van der Waals surface area (Å²) >= 11 is 1.03. The Morgan fingerprint density at radius 1 is 1.29 bits per heavy atom. The Morgan fingerprint density at radius 3 is 2.76 bits per heavy atom. The summed E-state index contributed by atoms with van der Waals surface area (Å²) in [6.45, 7) is 7.80. The molecule has 4 aliphatic carbocycles. The third kappa shape index (κ3) is 3.30. The van der Waals surface area contributed by atoms with E-state index in [4.69, 9.17) is 9.47 Å². The summed E-state index contributed by atoms with van der Waals surface area (Å²) in [7, 11) is 0. The molecule has 5 rings (SSSR count). The molecule has 0 amide bonds. The first-order valence-electron chi connectivity index (χ1n) is 12.7. The second-order valence-corrected chi connectivity index (χ2v) is 12.5. The first-order chi connectivity index (χ1) is 16.1. The van der Waals surface area contributed by atoms with Crippen LogP contribution in [0.4, 0.5) is 0 Å². The summed E-state index contributed by atoms with van der Waals surface area (Å²) in [5.41, 5.74) is -0.965. The number of hydrogen-bond acceptors (Lipinski definition) is 7. The molecule has 5 aliphatic rings. The van der Waals surface area contributed by atoms with Crippen LogP contribution >= 0.6 is 11.8 Å². The largest absolute Gasteiger partial charge is 0.393 e. The third-order valence-corrected chi connectivity index (χ3v) is 10.4. The van der Waals surface area contributed by atoms with Crippen LogP contribution in [0.15, 0.2) is 23.8 Å². The van der Waals surface area contributed by atoms with Gasteiger partial charge in [0.05, 0.1) is 18.0 Å². The van der Waals surface area contributed by atoms with Crippen molar-refractivity contribution < 1.29 is 29.0 Å². The molecule has 0 aromatic heterocycles. The number of aliphatic hydroxyl groups is 1. The van der Waals surface area contributed by atoms with Gasteiger partial charge in [0.1, 0.15) is 0 Å². The molecular weight excluding hydrogens is 452 g/mol. The van der Waals surface area contributed by atoms with Crippen molar-refractivity contribution in [2.75, 3.05) is 5.75 Å². The van der Waals surface area contributed by atoms with E-state index in [2.05, 4.69) is 20.8 Å². The van der Waals surface area contributed by atoms with Crippen LogP contribution in [0.25, 0.3) is 0 Å². The lowest BCUT2D eigenvalue weighted by atomic mass is 9.46. The van der Waals surface area contributed by atoms with E-state index in [1.165, 1.54) is 6.92 Å². The van der Waals surface area contributed by atoms with Crippen LogP contribution in [0.1, 0.15) is 66.2 Å². The summed E-state index contributed by atoms with van der Waals surface area (Å²) < 4.78 is 13.0. The summed E-state index contributed by atoms with van der Waals surface area (Å²) in [4.78, 5) is 37.6. The molecule has 34 heavy (non-hydrogen) atoms. The first-order valence-corrected chi connectivity index (χ1v) is 13.7. The molecule has 0 aromatic rings. The fourth-order valence-corrected chi connectivity index (χ4v) is 8.83. The molecule has 1 N–H and O–H groups in total. The number of allylic oxidation sites excluding steroid dienone is 4. The summed E-state index contributed by atoms with van der Waals surface area (Å²) in [6, 6.07) is 0. The fraction of sp³-hybridized carbons (Fsp3) is 0.741. The van der Waals surface area contributed by atoms with Crippen molar-refractivity contribution in [3.63, 3.8) is 0 Å². The number of aliphatic hydroxyl groups excluding tert-OH is 1. The quantitative estimate of drug-likeness (QED) is 0.625.